The zero-order valence-corrected chi connectivity index (χ0v) is 12.6. The highest BCUT2D eigenvalue weighted by atomic mass is 19.4. The highest BCUT2D eigenvalue weighted by Gasteiger charge is 2.31. The SMILES string of the molecule is N#Cc1cccc(N2CCOC(c3ccc(C(F)(F)F)cc3)C2)n1. The zero-order chi connectivity index (χ0) is 17.2. The molecule has 1 aromatic heterocycles. The number of hydrogen-bond donors (Lipinski definition) is 0. The Morgan fingerprint density at radius 3 is 2.58 bits per heavy atom. The molecule has 1 aliphatic heterocycles. The molecular weight excluding hydrogens is 319 g/mol. The summed E-state index contributed by atoms with van der Waals surface area (Å²) in [5, 5.41) is 8.93. The molecule has 0 spiro atoms. The van der Waals surface area contributed by atoms with Crippen LogP contribution in [0.5, 0.6) is 0 Å². The van der Waals surface area contributed by atoms with E-state index in [0.717, 1.165) is 12.1 Å². The van der Waals surface area contributed by atoms with Gasteiger partial charge in [0, 0.05) is 13.1 Å². The van der Waals surface area contributed by atoms with E-state index >= 15 is 0 Å². The first-order chi connectivity index (χ1) is 11.5. The number of halogens is 3. The van der Waals surface area contributed by atoms with Crippen LogP contribution in [0.1, 0.15) is 22.9 Å². The molecule has 1 aliphatic rings. The predicted molar refractivity (Wildman–Crippen MR) is 81.3 cm³/mol. The Morgan fingerprint density at radius 2 is 1.92 bits per heavy atom. The Morgan fingerprint density at radius 1 is 1.17 bits per heavy atom. The van der Waals surface area contributed by atoms with Crippen LogP contribution in [0.15, 0.2) is 42.5 Å². The summed E-state index contributed by atoms with van der Waals surface area (Å²) in [6, 6.07) is 12.2. The number of aromatic nitrogens is 1. The minimum absolute atomic E-state index is 0.324. The van der Waals surface area contributed by atoms with E-state index in [1.165, 1.54) is 12.1 Å². The Hall–Kier alpha value is -2.59. The number of ether oxygens (including phenoxy) is 1. The van der Waals surface area contributed by atoms with Gasteiger partial charge in [0.2, 0.25) is 0 Å². The highest BCUT2D eigenvalue weighted by molar-refractivity contribution is 5.42. The normalized spacial score (nSPS) is 18.2. The van der Waals surface area contributed by atoms with Gasteiger partial charge >= 0.3 is 6.18 Å². The van der Waals surface area contributed by atoms with Crippen LogP contribution in [0.25, 0.3) is 0 Å². The highest BCUT2D eigenvalue weighted by Crippen LogP contribution is 2.31. The molecule has 1 atom stereocenters. The van der Waals surface area contributed by atoms with Gasteiger partial charge in [-0.15, -0.1) is 0 Å². The molecule has 0 radical (unpaired) electrons. The summed E-state index contributed by atoms with van der Waals surface area (Å²) in [5.41, 5.74) is 0.330. The van der Waals surface area contributed by atoms with Gasteiger partial charge in [0.25, 0.3) is 0 Å². The number of morpholine rings is 1. The first-order valence-electron chi connectivity index (χ1n) is 7.38. The lowest BCUT2D eigenvalue weighted by molar-refractivity contribution is -0.137. The van der Waals surface area contributed by atoms with Gasteiger partial charge in [-0.1, -0.05) is 18.2 Å². The van der Waals surface area contributed by atoms with E-state index in [0.29, 0.717) is 36.8 Å². The van der Waals surface area contributed by atoms with Crippen molar-refractivity contribution in [1.29, 1.82) is 5.26 Å². The van der Waals surface area contributed by atoms with Crippen LogP contribution in [-0.2, 0) is 10.9 Å². The zero-order valence-electron chi connectivity index (χ0n) is 12.6. The molecule has 24 heavy (non-hydrogen) atoms. The van der Waals surface area contributed by atoms with Crippen molar-refractivity contribution in [2.45, 2.75) is 12.3 Å². The van der Waals surface area contributed by atoms with Crippen molar-refractivity contribution in [3.05, 3.63) is 59.3 Å². The maximum Gasteiger partial charge on any atom is 0.416 e. The molecule has 1 fully saturated rings. The van der Waals surface area contributed by atoms with Crippen molar-refractivity contribution in [3.63, 3.8) is 0 Å². The predicted octanol–water partition coefficient (Wildman–Crippen LogP) is 3.55. The summed E-state index contributed by atoms with van der Waals surface area (Å²) in [7, 11) is 0. The first-order valence-corrected chi connectivity index (χ1v) is 7.38. The molecule has 1 aromatic carbocycles. The summed E-state index contributed by atoms with van der Waals surface area (Å²) < 4.78 is 43.6. The molecule has 4 nitrogen and oxygen atoms in total. The third-order valence-electron chi connectivity index (χ3n) is 3.85. The monoisotopic (exact) mass is 333 g/mol. The number of anilines is 1. The Bertz CT molecular complexity index is 753. The quantitative estimate of drug-likeness (QED) is 0.843. The van der Waals surface area contributed by atoms with Crippen molar-refractivity contribution in [3.8, 4) is 6.07 Å². The third kappa shape index (κ3) is 3.49. The summed E-state index contributed by atoms with van der Waals surface area (Å²) in [6.45, 7) is 1.51. The maximum absolute atomic E-state index is 12.6. The van der Waals surface area contributed by atoms with Gasteiger partial charge in [0.15, 0.2) is 0 Å². The second kappa shape index (κ2) is 6.49. The number of pyridine rings is 1. The van der Waals surface area contributed by atoms with Gasteiger partial charge in [-0.25, -0.2) is 4.98 Å². The maximum atomic E-state index is 12.6. The minimum Gasteiger partial charge on any atom is -0.370 e. The lowest BCUT2D eigenvalue weighted by atomic mass is 10.1. The standard InChI is InChI=1S/C17H14F3N3O/c18-17(19,20)13-6-4-12(5-7-13)15-11-23(8-9-24-15)16-3-1-2-14(10-21)22-16/h1-7,15H,8-9,11H2. The average molecular weight is 333 g/mol. The van der Waals surface area contributed by atoms with E-state index in [1.807, 2.05) is 11.0 Å². The van der Waals surface area contributed by atoms with Crippen LogP contribution >= 0.6 is 0 Å². The second-order valence-corrected chi connectivity index (χ2v) is 5.42. The fourth-order valence-corrected chi connectivity index (χ4v) is 2.61. The number of nitriles is 1. The number of benzene rings is 1. The number of rotatable bonds is 2. The average Bonchev–Trinajstić information content (AvgIpc) is 2.61. The van der Waals surface area contributed by atoms with Gasteiger partial charge in [0.05, 0.1) is 12.2 Å². The van der Waals surface area contributed by atoms with E-state index in [2.05, 4.69) is 4.98 Å². The smallest absolute Gasteiger partial charge is 0.370 e. The largest absolute Gasteiger partial charge is 0.416 e. The van der Waals surface area contributed by atoms with Gasteiger partial charge < -0.3 is 9.64 Å². The van der Waals surface area contributed by atoms with Gasteiger partial charge in [0.1, 0.15) is 23.7 Å². The van der Waals surface area contributed by atoms with E-state index in [4.69, 9.17) is 10.00 Å². The van der Waals surface area contributed by atoms with Crippen molar-refractivity contribution < 1.29 is 17.9 Å². The van der Waals surface area contributed by atoms with E-state index in [-0.39, 0.29) is 6.10 Å². The van der Waals surface area contributed by atoms with E-state index in [1.54, 1.807) is 18.2 Å². The van der Waals surface area contributed by atoms with Crippen LogP contribution in [0, 0.1) is 11.3 Å². The molecule has 0 bridgehead atoms. The summed E-state index contributed by atoms with van der Waals surface area (Å²) in [4.78, 5) is 6.21. The fraction of sp³-hybridized carbons (Fsp3) is 0.294. The topological polar surface area (TPSA) is 49.2 Å². The molecule has 1 saturated heterocycles. The number of nitrogens with zero attached hydrogens (tertiary/aromatic N) is 3. The fourth-order valence-electron chi connectivity index (χ4n) is 2.61. The molecular formula is C17H14F3N3O. The van der Waals surface area contributed by atoms with Crippen LogP contribution in [0.4, 0.5) is 19.0 Å². The molecule has 124 valence electrons. The van der Waals surface area contributed by atoms with Crippen molar-refractivity contribution in [1.82, 2.24) is 4.98 Å². The summed E-state index contributed by atoms with van der Waals surface area (Å²) >= 11 is 0. The van der Waals surface area contributed by atoms with Crippen LogP contribution in [0.3, 0.4) is 0 Å². The molecule has 0 aliphatic carbocycles. The molecule has 0 saturated carbocycles. The van der Waals surface area contributed by atoms with Crippen molar-refractivity contribution in [2.75, 3.05) is 24.6 Å². The molecule has 0 N–H and O–H groups in total. The lowest BCUT2D eigenvalue weighted by Crippen LogP contribution is -2.38. The van der Waals surface area contributed by atoms with Gasteiger partial charge in [-0.05, 0) is 29.8 Å². The van der Waals surface area contributed by atoms with Gasteiger partial charge in [-0.2, -0.15) is 18.4 Å². The Kier molecular flexibility index (Phi) is 4.40. The minimum atomic E-state index is -4.35. The number of alkyl halides is 3. The Labute approximate surface area is 137 Å². The molecule has 1 unspecified atom stereocenters. The first kappa shape index (κ1) is 16.3. The van der Waals surface area contributed by atoms with E-state index < -0.39 is 11.7 Å². The molecule has 3 rings (SSSR count). The summed E-state index contributed by atoms with van der Waals surface area (Å²) in [6.07, 6.45) is -4.69. The van der Waals surface area contributed by atoms with Crippen LogP contribution in [0.2, 0.25) is 0 Å². The second-order valence-electron chi connectivity index (χ2n) is 5.42. The van der Waals surface area contributed by atoms with E-state index in [9.17, 15) is 13.2 Å². The van der Waals surface area contributed by atoms with Crippen molar-refractivity contribution in [2.24, 2.45) is 0 Å². The van der Waals surface area contributed by atoms with Crippen LogP contribution in [-0.4, -0.2) is 24.7 Å². The van der Waals surface area contributed by atoms with Gasteiger partial charge in [-0.3, -0.25) is 0 Å². The Balaban J connectivity index is 1.77. The summed E-state index contributed by atoms with van der Waals surface area (Å²) in [5.74, 6) is 0.661. The number of hydrogen-bond acceptors (Lipinski definition) is 4. The third-order valence-corrected chi connectivity index (χ3v) is 3.85. The molecule has 7 heteroatoms. The molecule has 0 amide bonds. The van der Waals surface area contributed by atoms with Crippen molar-refractivity contribution >= 4 is 5.82 Å². The molecule has 2 aromatic rings. The lowest BCUT2D eigenvalue weighted by Gasteiger charge is -2.34. The molecule has 2 heterocycles. The van der Waals surface area contributed by atoms with Crippen LogP contribution < -0.4 is 4.90 Å².